The number of hydrogen-bond acceptors (Lipinski definition) is 5. The summed E-state index contributed by atoms with van der Waals surface area (Å²) in [7, 11) is -4.04. The molecule has 1 aliphatic carbocycles. The maximum absolute atomic E-state index is 13.2. The van der Waals surface area contributed by atoms with E-state index >= 15 is 0 Å². The summed E-state index contributed by atoms with van der Waals surface area (Å²) in [6.07, 6.45) is 3.47. The first kappa shape index (κ1) is 25.2. The summed E-state index contributed by atoms with van der Waals surface area (Å²) in [5.41, 5.74) is 3.68. The largest absolute Gasteiger partial charge is 0.465 e. The Bertz CT molecular complexity index is 1310. The molecule has 2 aromatic carbocycles. The third kappa shape index (κ3) is 5.51. The zero-order chi connectivity index (χ0) is 25.9. The van der Waals surface area contributed by atoms with Crippen LogP contribution in [0.5, 0.6) is 0 Å². The van der Waals surface area contributed by atoms with Gasteiger partial charge in [0.1, 0.15) is 6.04 Å². The Hall–Kier alpha value is -3.86. The SMILES string of the molecule is Cc1ccc(S(=O)(=O)N2C=CNC(=O)[C@H]2CC(=O)NCc2ccc3c(c2)CCC[C@H]3NC(=O)O)cc1. The van der Waals surface area contributed by atoms with Gasteiger partial charge in [-0.05, 0) is 55.0 Å². The van der Waals surface area contributed by atoms with Gasteiger partial charge in [0.05, 0.1) is 17.4 Å². The predicted molar refractivity (Wildman–Crippen MR) is 131 cm³/mol. The van der Waals surface area contributed by atoms with Gasteiger partial charge in [-0.3, -0.25) is 13.9 Å². The molecular formula is C25H28N4O6S. The van der Waals surface area contributed by atoms with E-state index in [0.717, 1.165) is 45.8 Å². The fraction of sp³-hybridized carbons (Fsp3) is 0.320. The molecule has 0 radical (unpaired) electrons. The minimum atomic E-state index is -4.04. The number of benzene rings is 2. The van der Waals surface area contributed by atoms with E-state index in [1.165, 1.54) is 24.5 Å². The second-order valence-corrected chi connectivity index (χ2v) is 10.7. The van der Waals surface area contributed by atoms with E-state index < -0.39 is 34.0 Å². The van der Waals surface area contributed by atoms with Crippen LogP contribution in [0.3, 0.4) is 0 Å². The van der Waals surface area contributed by atoms with Crippen LogP contribution >= 0.6 is 0 Å². The average molecular weight is 513 g/mol. The van der Waals surface area contributed by atoms with Crippen molar-refractivity contribution in [2.75, 3.05) is 0 Å². The van der Waals surface area contributed by atoms with E-state index in [2.05, 4.69) is 16.0 Å². The molecule has 2 atom stereocenters. The molecule has 4 N–H and O–H groups in total. The molecule has 1 heterocycles. The highest BCUT2D eigenvalue weighted by Crippen LogP contribution is 2.30. The van der Waals surface area contributed by atoms with E-state index in [-0.39, 0.29) is 23.9 Å². The second kappa shape index (κ2) is 10.4. The molecule has 0 aromatic heterocycles. The summed E-state index contributed by atoms with van der Waals surface area (Å²) in [6, 6.07) is 10.4. The maximum Gasteiger partial charge on any atom is 0.405 e. The third-order valence-corrected chi connectivity index (χ3v) is 8.14. The molecule has 4 rings (SSSR count). The molecule has 2 aliphatic rings. The summed E-state index contributed by atoms with van der Waals surface area (Å²) >= 11 is 0. The number of nitrogens with one attached hydrogen (secondary N) is 3. The number of aryl methyl sites for hydroxylation is 2. The summed E-state index contributed by atoms with van der Waals surface area (Å²) in [5, 5.41) is 16.8. The van der Waals surface area contributed by atoms with Crippen LogP contribution in [0.15, 0.2) is 59.8 Å². The molecule has 190 valence electrons. The lowest BCUT2D eigenvalue weighted by Crippen LogP contribution is -2.51. The molecule has 0 unspecified atom stereocenters. The monoisotopic (exact) mass is 512 g/mol. The highest BCUT2D eigenvalue weighted by atomic mass is 32.2. The van der Waals surface area contributed by atoms with Crippen molar-refractivity contribution in [3.05, 3.63) is 77.1 Å². The van der Waals surface area contributed by atoms with Gasteiger partial charge in [-0.1, -0.05) is 35.9 Å². The number of hydrogen-bond donors (Lipinski definition) is 4. The topological polar surface area (TPSA) is 145 Å². The van der Waals surface area contributed by atoms with Gasteiger partial charge < -0.3 is 21.1 Å². The van der Waals surface area contributed by atoms with Gasteiger partial charge in [0.15, 0.2) is 0 Å². The molecule has 0 spiro atoms. The quantitative estimate of drug-likeness (QED) is 0.448. The van der Waals surface area contributed by atoms with Gasteiger partial charge in [0.2, 0.25) is 11.8 Å². The van der Waals surface area contributed by atoms with Crippen LogP contribution in [-0.2, 0) is 32.6 Å². The summed E-state index contributed by atoms with van der Waals surface area (Å²) in [4.78, 5) is 36.3. The molecular weight excluding hydrogens is 484 g/mol. The Labute approximate surface area is 209 Å². The smallest absolute Gasteiger partial charge is 0.405 e. The molecule has 3 amide bonds. The van der Waals surface area contributed by atoms with Crippen molar-refractivity contribution >= 4 is 27.9 Å². The van der Waals surface area contributed by atoms with Crippen molar-refractivity contribution in [2.45, 2.75) is 56.1 Å². The molecule has 0 saturated heterocycles. The number of amides is 3. The van der Waals surface area contributed by atoms with Crippen molar-refractivity contribution in [3.8, 4) is 0 Å². The third-order valence-electron chi connectivity index (χ3n) is 6.34. The molecule has 0 fully saturated rings. The lowest BCUT2D eigenvalue weighted by Gasteiger charge is -2.31. The molecule has 10 nitrogen and oxygen atoms in total. The summed E-state index contributed by atoms with van der Waals surface area (Å²) < 4.78 is 27.3. The van der Waals surface area contributed by atoms with E-state index in [9.17, 15) is 22.8 Å². The fourth-order valence-corrected chi connectivity index (χ4v) is 5.95. The zero-order valence-corrected chi connectivity index (χ0v) is 20.5. The number of carbonyl (C=O) groups is 3. The maximum atomic E-state index is 13.2. The van der Waals surface area contributed by atoms with Crippen LogP contribution in [0.2, 0.25) is 0 Å². The van der Waals surface area contributed by atoms with Crippen LogP contribution in [0.1, 0.15) is 47.6 Å². The highest BCUT2D eigenvalue weighted by Gasteiger charge is 2.37. The normalized spacial score (nSPS) is 19.2. The van der Waals surface area contributed by atoms with E-state index in [4.69, 9.17) is 5.11 Å². The predicted octanol–water partition coefficient (Wildman–Crippen LogP) is 2.31. The second-order valence-electron chi connectivity index (χ2n) is 8.90. The first-order chi connectivity index (χ1) is 17.1. The number of sulfonamides is 1. The van der Waals surface area contributed by atoms with E-state index in [1.807, 2.05) is 25.1 Å². The molecule has 11 heteroatoms. The van der Waals surface area contributed by atoms with Crippen LogP contribution in [0.4, 0.5) is 4.79 Å². The van der Waals surface area contributed by atoms with Crippen LogP contribution in [-0.4, -0.2) is 41.8 Å². The van der Waals surface area contributed by atoms with Crippen molar-refractivity contribution in [1.82, 2.24) is 20.3 Å². The lowest BCUT2D eigenvalue weighted by molar-refractivity contribution is -0.129. The van der Waals surface area contributed by atoms with Crippen molar-refractivity contribution in [2.24, 2.45) is 0 Å². The minimum absolute atomic E-state index is 0.0302. The van der Waals surface area contributed by atoms with Crippen LogP contribution in [0, 0.1) is 6.92 Å². The van der Waals surface area contributed by atoms with Crippen LogP contribution < -0.4 is 16.0 Å². The Morgan fingerprint density at radius 3 is 2.64 bits per heavy atom. The zero-order valence-electron chi connectivity index (χ0n) is 19.7. The van der Waals surface area contributed by atoms with Gasteiger partial charge in [-0.2, -0.15) is 0 Å². The Kier molecular flexibility index (Phi) is 7.30. The number of carbonyl (C=O) groups excluding carboxylic acids is 2. The Balaban J connectivity index is 1.43. The Morgan fingerprint density at radius 1 is 1.17 bits per heavy atom. The van der Waals surface area contributed by atoms with E-state index in [1.54, 1.807) is 12.1 Å². The van der Waals surface area contributed by atoms with Crippen molar-refractivity contribution < 1.29 is 27.9 Å². The minimum Gasteiger partial charge on any atom is -0.465 e. The standard InChI is InChI=1S/C25H28N4O6S/c1-16-5-8-19(9-6-16)36(34,35)29-12-11-26-24(31)22(29)14-23(30)27-15-17-7-10-20-18(13-17)3-2-4-21(20)28-25(32)33/h5-13,21-22,28H,2-4,14-15H2,1H3,(H,26,31)(H,27,30)(H,32,33)/t21-,22-/m1/s1. The molecule has 2 aromatic rings. The number of fused-ring (bicyclic) bond motifs is 1. The lowest BCUT2D eigenvalue weighted by atomic mass is 9.86. The molecule has 36 heavy (non-hydrogen) atoms. The van der Waals surface area contributed by atoms with Gasteiger partial charge in [0, 0.05) is 18.9 Å². The van der Waals surface area contributed by atoms with Crippen molar-refractivity contribution in [1.29, 1.82) is 0 Å². The Morgan fingerprint density at radius 2 is 1.92 bits per heavy atom. The van der Waals surface area contributed by atoms with Crippen LogP contribution in [0.25, 0.3) is 0 Å². The van der Waals surface area contributed by atoms with Gasteiger partial charge in [-0.25, -0.2) is 13.2 Å². The summed E-state index contributed by atoms with van der Waals surface area (Å²) in [6.45, 7) is 2.03. The number of rotatable bonds is 7. The molecule has 0 bridgehead atoms. The van der Waals surface area contributed by atoms with E-state index in [0.29, 0.717) is 0 Å². The summed E-state index contributed by atoms with van der Waals surface area (Å²) in [5.74, 6) is -1.06. The van der Waals surface area contributed by atoms with Gasteiger partial charge in [-0.15, -0.1) is 0 Å². The number of carboxylic acid groups (broad SMARTS) is 1. The first-order valence-corrected chi connectivity index (χ1v) is 13.0. The first-order valence-electron chi connectivity index (χ1n) is 11.6. The van der Waals surface area contributed by atoms with Gasteiger partial charge >= 0.3 is 6.09 Å². The fourth-order valence-electron chi connectivity index (χ4n) is 4.50. The molecule has 0 saturated carbocycles. The molecule has 1 aliphatic heterocycles. The average Bonchev–Trinajstić information content (AvgIpc) is 2.84. The van der Waals surface area contributed by atoms with Crippen molar-refractivity contribution in [3.63, 3.8) is 0 Å². The number of nitrogens with zero attached hydrogens (tertiary/aromatic N) is 1. The van der Waals surface area contributed by atoms with Gasteiger partial charge in [0.25, 0.3) is 10.0 Å². The highest BCUT2D eigenvalue weighted by molar-refractivity contribution is 7.89.